The second-order valence-electron chi connectivity index (χ2n) is 7.71. The van der Waals surface area contributed by atoms with E-state index in [2.05, 4.69) is 10.6 Å². The molecule has 160 valence electrons. The number of rotatable bonds is 3. The Hall–Kier alpha value is -3.35. The smallest absolute Gasteiger partial charge is 0.362 e. The molecule has 7 heteroatoms. The molecule has 1 heterocycles. The van der Waals surface area contributed by atoms with Gasteiger partial charge in [-0.15, -0.1) is 0 Å². The molecule has 4 nitrogen and oxygen atoms in total. The minimum atomic E-state index is -4.51. The molecule has 1 aliphatic carbocycles. The van der Waals surface area contributed by atoms with E-state index < -0.39 is 23.6 Å². The van der Waals surface area contributed by atoms with Gasteiger partial charge in [0, 0.05) is 40.6 Å². The van der Waals surface area contributed by atoms with Crippen LogP contribution in [0.15, 0.2) is 77.1 Å². The van der Waals surface area contributed by atoms with Crippen molar-refractivity contribution in [1.82, 2.24) is 5.32 Å². The standard InChI is InChI=1S/C24H21F3N2O2/c1-14-20(23(31)29-17-10-5-9-16(13-17)24(25,26)27)21(15-7-3-2-4-8-15)22-18(28-14)11-6-12-19(22)30/h2-5,7-10,13,21,28H,6,11-12H2,1H3,(H,29,31)/t21-/m0/s1. The lowest BCUT2D eigenvalue weighted by Gasteiger charge is -2.34. The van der Waals surface area contributed by atoms with Gasteiger partial charge in [0.1, 0.15) is 0 Å². The minimum Gasteiger partial charge on any atom is -0.362 e. The van der Waals surface area contributed by atoms with Crippen LogP contribution in [0.1, 0.15) is 43.2 Å². The molecule has 0 saturated heterocycles. The molecule has 1 amide bonds. The highest BCUT2D eigenvalue weighted by atomic mass is 19.4. The van der Waals surface area contributed by atoms with Gasteiger partial charge in [0.05, 0.1) is 5.56 Å². The van der Waals surface area contributed by atoms with Crippen molar-refractivity contribution < 1.29 is 22.8 Å². The molecule has 0 aromatic heterocycles. The van der Waals surface area contributed by atoms with Crippen LogP contribution >= 0.6 is 0 Å². The van der Waals surface area contributed by atoms with Crippen LogP contribution < -0.4 is 10.6 Å². The van der Waals surface area contributed by atoms with E-state index in [1.807, 2.05) is 30.3 Å². The molecule has 4 rings (SSSR count). The maximum Gasteiger partial charge on any atom is 0.416 e. The van der Waals surface area contributed by atoms with E-state index in [0.29, 0.717) is 29.7 Å². The van der Waals surface area contributed by atoms with Gasteiger partial charge in [-0.05, 0) is 43.5 Å². The first-order valence-corrected chi connectivity index (χ1v) is 10.0. The van der Waals surface area contributed by atoms with Crippen LogP contribution in [0.25, 0.3) is 0 Å². The highest BCUT2D eigenvalue weighted by Gasteiger charge is 2.38. The van der Waals surface area contributed by atoms with Crippen molar-refractivity contribution in [3.63, 3.8) is 0 Å². The Labute approximate surface area is 177 Å². The van der Waals surface area contributed by atoms with E-state index in [1.165, 1.54) is 12.1 Å². The van der Waals surface area contributed by atoms with Crippen LogP contribution in [0.4, 0.5) is 18.9 Å². The number of allylic oxidation sites excluding steroid dienone is 3. The Morgan fingerprint density at radius 2 is 1.81 bits per heavy atom. The summed E-state index contributed by atoms with van der Waals surface area (Å²) < 4.78 is 39.2. The third-order valence-corrected chi connectivity index (χ3v) is 5.60. The van der Waals surface area contributed by atoms with E-state index >= 15 is 0 Å². The van der Waals surface area contributed by atoms with Gasteiger partial charge in [-0.25, -0.2) is 0 Å². The SMILES string of the molecule is CC1=C(C(=O)Nc2cccc(C(F)(F)F)c2)[C@H](c2ccccc2)C2=C(CCCC2=O)N1. The zero-order valence-electron chi connectivity index (χ0n) is 16.8. The number of carbonyl (C=O) groups is 2. The van der Waals surface area contributed by atoms with Gasteiger partial charge in [-0.1, -0.05) is 36.4 Å². The van der Waals surface area contributed by atoms with Crippen LogP contribution in [0.2, 0.25) is 0 Å². The Morgan fingerprint density at radius 1 is 1.06 bits per heavy atom. The number of hydrogen-bond donors (Lipinski definition) is 2. The van der Waals surface area contributed by atoms with Crippen molar-refractivity contribution in [2.24, 2.45) is 0 Å². The lowest BCUT2D eigenvalue weighted by molar-refractivity contribution is -0.137. The number of amides is 1. The Balaban J connectivity index is 1.74. The molecule has 0 radical (unpaired) electrons. The maximum absolute atomic E-state index is 13.3. The molecule has 0 unspecified atom stereocenters. The molecule has 1 aliphatic heterocycles. The van der Waals surface area contributed by atoms with Crippen molar-refractivity contribution in [2.75, 3.05) is 5.32 Å². The third kappa shape index (κ3) is 4.13. The van der Waals surface area contributed by atoms with Gasteiger partial charge in [0.15, 0.2) is 5.78 Å². The number of nitrogens with one attached hydrogen (secondary N) is 2. The molecular weight excluding hydrogens is 405 g/mol. The lowest BCUT2D eigenvalue weighted by atomic mass is 9.75. The summed E-state index contributed by atoms with van der Waals surface area (Å²) in [6, 6.07) is 13.7. The number of carbonyl (C=O) groups excluding carboxylic acids is 2. The number of Topliss-reactive ketones (excluding diaryl/α,β-unsaturated/α-hetero) is 1. The zero-order valence-corrected chi connectivity index (χ0v) is 16.8. The van der Waals surface area contributed by atoms with E-state index in [4.69, 9.17) is 0 Å². The molecule has 2 aromatic carbocycles. The zero-order chi connectivity index (χ0) is 22.2. The molecule has 2 aromatic rings. The quantitative estimate of drug-likeness (QED) is 0.699. The first-order chi connectivity index (χ1) is 14.8. The summed E-state index contributed by atoms with van der Waals surface area (Å²) in [5, 5.41) is 5.79. The predicted octanol–water partition coefficient (Wildman–Crippen LogP) is 5.31. The van der Waals surface area contributed by atoms with Crippen molar-refractivity contribution in [1.29, 1.82) is 0 Å². The van der Waals surface area contributed by atoms with Gasteiger partial charge < -0.3 is 10.6 Å². The van der Waals surface area contributed by atoms with Crippen molar-refractivity contribution in [3.05, 3.63) is 88.3 Å². The highest BCUT2D eigenvalue weighted by Crippen LogP contribution is 2.42. The van der Waals surface area contributed by atoms with Crippen molar-refractivity contribution >= 4 is 17.4 Å². The highest BCUT2D eigenvalue weighted by molar-refractivity contribution is 6.09. The summed E-state index contributed by atoms with van der Waals surface area (Å²) >= 11 is 0. The fraction of sp³-hybridized carbons (Fsp3) is 0.250. The van der Waals surface area contributed by atoms with Crippen LogP contribution in [0.3, 0.4) is 0 Å². The fourth-order valence-corrected chi connectivity index (χ4v) is 4.23. The predicted molar refractivity (Wildman–Crippen MR) is 111 cm³/mol. The number of anilines is 1. The topological polar surface area (TPSA) is 58.2 Å². The molecule has 0 saturated carbocycles. The van der Waals surface area contributed by atoms with Gasteiger partial charge in [-0.3, -0.25) is 9.59 Å². The number of alkyl halides is 3. The number of halogens is 3. The van der Waals surface area contributed by atoms with Crippen molar-refractivity contribution in [2.45, 2.75) is 38.3 Å². The summed E-state index contributed by atoms with van der Waals surface area (Å²) in [5.41, 5.74) is 2.30. The molecule has 2 aliphatic rings. The first kappa shape index (κ1) is 20.9. The van der Waals surface area contributed by atoms with Crippen molar-refractivity contribution in [3.8, 4) is 0 Å². The first-order valence-electron chi connectivity index (χ1n) is 10.0. The van der Waals surface area contributed by atoms with Crippen LogP contribution in [0, 0.1) is 0 Å². The lowest BCUT2D eigenvalue weighted by Crippen LogP contribution is -2.35. The summed E-state index contributed by atoms with van der Waals surface area (Å²) in [5.74, 6) is -1.13. The second-order valence-corrected chi connectivity index (χ2v) is 7.71. The summed E-state index contributed by atoms with van der Waals surface area (Å²) in [4.78, 5) is 26.1. The molecule has 0 spiro atoms. The van der Waals surface area contributed by atoms with E-state index in [-0.39, 0.29) is 11.5 Å². The Bertz CT molecular complexity index is 1100. The van der Waals surface area contributed by atoms with Gasteiger partial charge in [0.25, 0.3) is 5.91 Å². The largest absolute Gasteiger partial charge is 0.416 e. The Kier molecular flexibility index (Phi) is 5.43. The second kappa shape index (κ2) is 8.06. The monoisotopic (exact) mass is 426 g/mol. The minimum absolute atomic E-state index is 0.0144. The number of benzene rings is 2. The normalized spacial score (nSPS) is 19.1. The molecule has 31 heavy (non-hydrogen) atoms. The number of hydrogen-bond acceptors (Lipinski definition) is 3. The van der Waals surface area contributed by atoms with E-state index in [0.717, 1.165) is 29.8 Å². The fourth-order valence-electron chi connectivity index (χ4n) is 4.23. The number of dihydropyridines is 1. The molecular formula is C24H21F3N2O2. The Morgan fingerprint density at radius 3 is 2.52 bits per heavy atom. The molecule has 0 fully saturated rings. The van der Waals surface area contributed by atoms with E-state index in [9.17, 15) is 22.8 Å². The average Bonchev–Trinajstić information content (AvgIpc) is 2.73. The summed E-state index contributed by atoms with van der Waals surface area (Å²) in [7, 11) is 0. The molecule has 0 bridgehead atoms. The summed E-state index contributed by atoms with van der Waals surface area (Å²) in [6.45, 7) is 1.75. The summed E-state index contributed by atoms with van der Waals surface area (Å²) in [6.07, 6.45) is -2.65. The molecule has 2 N–H and O–H groups in total. The van der Waals surface area contributed by atoms with Crippen LogP contribution in [0.5, 0.6) is 0 Å². The van der Waals surface area contributed by atoms with Gasteiger partial charge in [0.2, 0.25) is 0 Å². The third-order valence-electron chi connectivity index (χ3n) is 5.60. The molecule has 1 atom stereocenters. The van der Waals surface area contributed by atoms with Crippen LogP contribution in [-0.4, -0.2) is 11.7 Å². The van der Waals surface area contributed by atoms with E-state index in [1.54, 1.807) is 6.92 Å². The van der Waals surface area contributed by atoms with Gasteiger partial charge in [-0.2, -0.15) is 13.2 Å². The van der Waals surface area contributed by atoms with Crippen LogP contribution in [-0.2, 0) is 15.8 Å². The number of ketones is 1. The maximum atomic E-state index is 13.3. The van der Waals surface area contributed by atoms with Gasteiger partial charge >= 0.3 is 6.18 Å². The average molecular weight is 426 g/mol.